The molecule has 2 aliphatic heterocycles. The van der Waals surface area contributed by atoms with E-state index >= 15 is 0 Å². The van der Waals surface area contributed by atoms with Gasteiger partial charge in [0.1, 0.15) is 61.0 Å². The van der Waals surface area contributed by atoms with Crippen molar-refractivity contribution in [3.63, 3.8) is 0 Å². The molecule has 15 nitrogen and oxygen atoms in total. The normalized spacial score (nSPS) is 53.7. The molecule has 15 atom stereocenters. The minimum atomic E-state index is -1.66. The molecule has 2 heterocycles. The van der Waals surface area contributed by atoms with Gasteiger partial charge < -0.3 is 77.6 Å². The first-order chi connectivity index (χ1) is 15.5. The van der Waals surface area contributed by atoms with E-state index in [0.717, 1.165) is 0 Å². The third kappa shape index (κ3) is 5.32. The van der Waals surface area contributed by atoms with E-state index in [1.165, 1.54) is 0 Å². The summed E-state index contributed by atoms with van der Waals surface area (Å²) in [6, 6.07) is -2.86. The lowest BCUT2D eigenvalue weighted by Gasteiger charge is -2.48. The largest absolute Gasteiger partial charge is 0.394 e. The number of hydrogen-bond donors (Lipinski definition) is 11. The van der Waals surface area contributed by atoms with Crippen molar-refractivity contribution in [2.24, 2.45) is 22.9 Å². The highest BCUT2D eigenvalue weighted by Crippen LogP contribution is 2.31. The molecule has 0 radical (unpaired) electrons. The number of aliphatic hydroxyl groups excluding tert-OH is 7. The monoisotopic (exact) mass is 484 g/mol. The average Bonchev–Trinajstić information content (AvgIpc) is 2.79. The summed E-state index contributed by atoms with van der Waals surface area (Å²) < 4.78 is 22.2. The molecule has 0 unspecified atom stereocenters. The maximum atomic E-state index is 10.9. The fourth-order valence-electron chi connectivity index (χ4n) is 4.40. The topological polar surface area (TPSA) is 283 Å². The molecule has 0 amide bonds. The highest BCUT2D eigenvalue weighted by Gasteiger charge is 2.51. The summed E-state index contributed by atoms with van der Waals surface area (Å²) >= 11 is 0. The van der Waals surface area contributed by atoms with Gasteiger partial charge in [0.25, 0.3) is 0 Å². The van der Waals surface area contributed by atoms with Crippen molar-refractivity contribution in [2.45, 2.75) is 98.2 Å². The van der Waals surface area contributed by atoms with Gasteiger partial charge in [0.05, 0.1) is 12.6 Å². The molecule has 15 N–H and O–H groups in total. The second-order valence-electron chi connectivity index (χ2n) is 8.79. The number of ether oxygens (including phenoxy) is 4. The molecule has 0 aromatic rings. The Hall–Kier alpha value is -0.600. The molecule has 0 bridgehead atoms. The maximum absolute atomic E-state index is 10.9. The van der Waals surface area contributed by atoms with Crippen LogP contribution in [0.2, 0.25) is 0 Å². The summed E-state index contributed by atoms with van der Waals surface area (Å²) in [5.74, 6) is 0. The molecule has 194 valence electrons. The minimum absolute atomic E-state index is 0.0849. The van der Waals surface area contributed by atoms with Crippen molar-refractivity contribution in [2.75, 3.05) is 13.2 Å². The maximum Gasteiger partial charge on any atom is 0.187 e. The lowest BCUT2D eigenvalue weighted by molar-refractivity contribution is -0.332. The zero-order valence-corrected chi connectivity index (χ0v) is 17.9. The van der Waals surface area contributed by atoms with Crippen LogP contribution in [0.4, 0.5) is 0 Å². The van der Waals surface area contributed by atoms with E-state index < -0.39 is 98.4 Å². The van der Waals surface area contributed by atoms with Gasteiger partial charge >= 0.3 is 0 Å². The fourth-order valence-corrected chi connectivity index (χ4v) is 4.40. The molecule has 1 aliphatic carbocycles. The van der Waals surface area contributed by atoms with Crippen molar-refractivity contribution in [1.29, 1.82) is 0 Å². The van der Waals surface area contributed by atoms with Crippen molar-refractivity contribution >= 4 is 0 Å². The smallest absolute Gasteiger partial charge is 0.187 e. The van der Waals surface area contributed by atoms with Crippen LogP contribution in [0.1, 0.15) is 6.42 Å². The van der Waals surface area contributed by atoms with Crippen molar-refractivity contribution in [3.8, 4) is 0 Å². The van der Waals surface area contributed by atoms with E-state index in [9.17, 15) is 35.7 Å². The SMILES string of the molecule is NC[C@@H]1O[C@H](O[C@H]2[C@H](O)[C@H](O[C@H]3O[C@@H](CO)[C@@H](O)[C@H](N)[C@@H]3O)[C@H](N)C[C@H]2N)[C@@H](O)[C@@H](O)[C@@H]1O. The summed E-state index contributed by atoms with van der Waals surface area (Å²) in [7, 11) is 0. The highest BCUT2D eigenvalue weighted by molar-refractivity contribution is 5.01. The van der Waals surface area contributed by atoms with Crippen LogP contribution in [0, 0.1) is 0 Å². The van der Waals surface area contributed by atoms with Crippen LogP contribution in [0.3, 0.4) is 0 Å². The van der Waals surface area contributed by atoms with E-state index in [0.29, 0.717) is 0 Å². The van der Waals surface area contributed by atoms with Gasteiger partial charge in [-0.15, -0.1) is 0 Å². The molecule has 0 spiro atoms. The number of hydrogen-bond acceptors (Lipinski definition) is 15. The molecule has 3 aliphatic rings. The van der Waals surface area contributed by atoms with Gasteiger partial charge in [0, 0.05) is 18.6 Å². The summed E-state index contributed by atoms with van der Waals surface area (Å²) in [6.45, 7) is -0.763. The van der Waals surface area contributed by atoms with Gasteiger partial charge in [-0.2, -0.15) is 0 Å². The Kier molecular flexibility index (Phi) is 8.99. The Labute approximate surface area is 189 Å². The summed E-state index contributed by atoms with van der Waals surface area (Å²) in [5, 5.41) is 70.9. The van der Waals surface area contributed by atoms with Gasteiger partial charge in [-0.1, -0.05) is 0 Å². The molecular weight excluding hydrogens is 448 g/mol. The van der Waals surface area contributed by atoms with E-state index in [4.69, 9.17) is 41.9 Å². The molecule has 0 aromatic carbocycles. The van der Waals surface area contributed by atoms with Crippen LogP contribution < -0.4 is 22.9 Å². The van der Waals surface area contributed by atoms with Gasteiger partial charge in [0.15, 0.2) is 12.6 Å². The minimum Gasteiger partial charge on any atom is -0.394 e. The molecule has 2 saturated heterocycles. The Morgan fingerprint density at radius 2 is 1.18 bits per heavy atom. The van der Waals surface area contributed by atoms with E-state index in [-0.39, 0.29) is 13.0 Å². The summed E-state index contributed by atoms with van der Waals surface area (Å²) in [6.07, 6.45) is -16.5. The van der Waals surface area contributed by atoms with E-state index in [1.807, 2.05) is 0 Å². The molecule has 0 aromatic heterocycles. The zero-order valence-electron chi connectivity index (χ0n) is 17.9. The van der Waals surface area contributed by atoms with E-state index in [2.05, 4.69) is 0 Å². The first-order valence-electron chi connectivity index (χ1n) is 10.8. The molecule has 3 fully saturated rings. The molecular formula is C18H36N4O11. The van der Waals surface area contributed by atoms with Crippen LogP contribution >= 0.6 is 0 Å². The second-order valence-corrected chi connectivity index (χ2v) is 8.79. The average molecular weight is 485 g/mol. The predicted molar refractivity (Wildman–Crippen MR) is 108 cm³/mol. The second kappa shape index (κ2) is 11.0. The predicted octanol–water partition coefficient (Wildman–Crippen LogP) is -7.29. The number of aliphatic hydroxyl groups is 7. The Bertz CT molecular complexity index is 584. The Morgan fingerprint density at radius 1 is 0.667 bits per heavy atom. The third-order valence-electron chi connectivity index (χ3n) is 6.48. The van der Waals surface area contributed by atoms with Crippen molar-refractivity contribution < 1.29 is 54.7 Å². The van der Waals surface area contributed by atoms with Gasteiger partial charge in [0.2, 0.25) is 0 Å². The van der Waals surface area contributed by atoms with Crippen LogP contribution in [0.15, 0.2) is 0 Å². The third-order valence-corrected chi connectivity index (χ3v) is 6.48. The van der Waals surface area contributed by atoms with Crippen LogP contribution in [0.5, 0.6) is 0 Å². The van der Waals surface area contributed by atoms with Gasteiger partial charge in [-0.05, 0) is 6.42 Å². The van der Waals surface area contributed by atoms with Crippen LogP contribution in [0.25, 0.3) is 0 Å². The van der Waals surface area contributed by atoms with Crippen molar-refractivity contribution in [3.05, 3.63) is 0 Å². The lowest BCUT2D eigenvalue weighted by Crippen LogP contribution is -2.68. The number of rotatable bonds is 6. The van der Waals surface area contributed by atoms with Crippen LogP contribution in [-0.2, 0) is 18.9 Å². The van der Waals surface area contributed by atoms with Crippen LogP contribution in [-0.4, -0.2) is 141 Å². The molecule has 3 rings (SSSR count). The summed E-state index contributed by atoms with van der Waals surface area (Å²) in [4.78, 5) is 0. The standard InChI is InChI=1S/C18H36N4O11/c19-2-6-10(25)12(27)13(28)18(30-6)33-16-5(21)1-4(20)15(14(16)29)32-17-11(26)8(22)9(24)7(3-23)31-17/h4-18,23-29H,1-3,19-22H2/t4-,5-,6+,7+,8+,9-,10-,11+,12+,13+,14-,15-,16-,17-,18-/m1/s1. The molecule has 15 heteroatoms. The Balaban J connectivity index is 1.72. The first-order valence-corrected chi connectivity index (χ1v) is 10.8. The quantitative estimate of drug-likeness (QED) is 0.167. The first kappa shape index (κ1) is 27.0. The molecule has 33 heavy (non-hydrogen) atoms. The van der Waals surface area contributed by atoms with E-state index in [1.54, 1.807) is 0 Å². The highest BCUT2D eigenvalue weighted by atomic mass is 16.7. The molecule has 1 saturated carbocycles. The lowest BCUT2D eigenvalue weighted by atomic mass is 9.84. The summed E-state index contributed by atoms with van der Waals surface area (Å²) in [5.41, 5.74) is 23.5. The fraction of sp³-hybridized carbons (Fsp3) is 1.00. The van der Waals surface area contributed by atoms with Gasteiger partial charge in [-0.3, -0.25) is 0 Å². The Morgan fingerprint density at radius 3 is 1.70 bits per heavy atom. The van der Waals surface area contributed by atoms with Crippen molar-refractivity contribution in [1.82, 2.24) is 0 Å². The number of nitrogens with two attached hydrogens (primary N) is 4. The van der Waals surface area contributed by atoms with Gasteiger partial charge in [-0.25, -0.2) is 0 Å². The zero-order chi connectivity index (χ0) is 24.6.